The highest BCUT2D eigenvalue weighted by Crippen LogP contribution is 2.43. The van der Waals surface area contributed by atoms with Gasteiger partial charge < -0.3 is 19.3 Å². The Labute approximate surface area is 169 Å². The topological polar surface area (TPSA) is 24.9 Å². The number of anilines is 2. The summed E-state index contributed by atoms with van der Waals surface area (Å²) in [5, 5.41) is 0. The summed E-state index contributed by atoms with van der Waals surface area (Å²) in [6, 6.07) is 6.50. The van der Waals surface area contributed by atoms with Gasteiger partial charge in [0.1, 0.15) is 17.6 Å². The van der Waals surface area contributed by atoms with Gasteiger partial charge in [0, 0.05) is 49.5 Å². The van der Waals surface area contributed by atoms with Crippen molar-refractivity contribution < 1.29 is 9.47 Å². The van der Waals surface area contributed by atoms with Crippen LogP contribution in [0.2, 0.25) is 0 Å². The monoisotopic (exact) mass is 380 g/mol. The van der Waals surface area contributed by atoms with E-state index in [0.29, 0.717) is 0 Å². The van der Waals surface area contributed by atoms with E-state index in [4.69, 9.17) is 9.47 Å². The van der Waals surface area contributed by atoms with Gasteiger partial charge in [-0.3, -0.25) is 0 Å². The summed E-state index contributed by atoms with van der Waals surface area (Å²) < 4.78 is 11.5. The molecule has 2 heterocycles. The highest BCUT2D eigenvalue weighted by atomic mass is 16.5. The summed E-state index contributed by atoms with van der Waals surface area (Å²) >= 11 is 0. The van der Waals surface area contributed by atoms with E-state index in [2.05, 4.69) is 62.6 Å². The number of ether oxygens (including phenoxy) is 2. The zero-order valence-corrected chi connectivity index (χ0v) is 18.1. The third-order valence-electron chi connectivity index (χ3n) is 6.49. The molecule has 0 amide bonds. The van der Waals surface area contributed by atoms with Crippen LogP contribution in [-0.4, -0.2) is 39.4 Å². The Morgan fingerprint density at radius 3 is 2.25 bits per heavy atom. The average Bonchev–Trinajstić information content (AvgIpc) is 3.09. The minimum Gasteiger partial charge on any atom is -0.496 e. The van der Waals surface area contributed by atoms with Crippen molar-refractivity contribution in [2.75, 3.05) is 43.1 Å². The molecule has 2 aliphatic heterocycles. The molecule has 1 saturated heterocycles. The molecule has 4 rings (SSSR count). The molecular weight excluding hydrogens is 348 g/mol. The molecule has 150 valence electrons. The molecule has 0 aromatic heterocycles. The van der Waals surface area contributed by atoms with Crippen LogP contribution in [0.1, 0.15) is 34.7 Å². The Bertz CT molecular complexity index is 898. The molecule has 0 aliphatic carbocycles. The maximum Gasteiger partial charge on any atom is 0.126 e. The number of piperazine rings is 1. The van der Waals surface area contributed by atoms with Gasteiger partial charge in [0.25, 0.3) is 0 Å². The van der Waals surface area contributed by atoms with Crippen LogP contribution in [0.4, 0.5) is 11.4 Å². The Balaban J connectivity index is 1.56. The van der Waals surface area contributed by atoms with Gasteiger partial charge in [-0.05, 0) is 75.1 Å². The van der Waals surface area contributed by atoms with Crippen LogP contribution in [0, 0.1) is 27.7 Å². The molecule has 0 saturated carbocycles. The molecule has 2 aromatic carbocycles. The molecule has 2 aromatic rings. The smallest absolute Gasteiger partial charge is 0.126 e. The molecule has 0 spiro atoms. The SMILES string of the molecule is COc1ccc(N2CCN(c3c(C)c(C)c4c(c3C)CC(C)O4)CC2)cc1C. The Hall–Kier alpha value is -2.36. The predicted octanol–water partition coefficient (Wildman–Crippen LogP) is 4.58. The number of hydrogen-bond donors (Lipinski definition) is 0. The summed E-state index contributed by atoms with van der Waals surface area (Å²) in [4.78, 5) is 5.06. The molecule has 1 unspecified atom stereocenters. The van der Waals surface area contributed by atoms with Crippen LogP contribution in [0.3, 0.4) is 0 Å². The zero-order valence-electron chi connectivity index (χ0n) is 18.1. The van der Waals surface area contributed by atoms with Crippen molar-refractivity contribution in [2.24, 2.45) is 0 Å². The largest absolute Gasteiger partial charge is 0.496 e. The summed E-state index contributed by atoms with van der Waals surface area (Å²) in [5.74, 6) is 2.09. The third kappa shape index (κ3) is 3.09. The van der Waals surface area contributed by atoms with E-state index < -0.39 is 0 Å². The van der Waals surface area contributed by atoms with Gasteiger partial charge in [-0.1, -0.05) is 0 Å². The number of nitrogens with zero attached hydrogens (tertiary/aromatic N) is 2. The van der Waals surface area contributed by atoms with Gasteiger partial charge in [-0.25, -0.2) is 0 Å². The van der Waals surface area contributed by atoms with Crippen LogP contribution in [-0.2, 0) is 6.42 Å². The fourth-order valence-corrected chi connectivity index (χ4v) is 4.83. The van der Waals surface area contributed by atoms with E-state index in [0.717, 1.165) is 44.1 Å². The number of aryl methyl sites for hydroxylation is 1. The molecule has 4 nitrogen and oxygen atoms in total. The highest BCUT2D eigenvalue weighted by molar-refractivity contribution is 5.70. The maximum atomic E-state index is 6.11. The quantitative estimate of drug-likeness (QED) is 0.778. The minimum atomic E-state index is 0.289. The van der Waals surface area contributed by atoms with Crippen molar-refractivity contribution in [2.45, 2.75) is 47.1 Å². The highest BCUT2D eigenvalue weighted by Gasteiger charge is 2.29. The van der Waals surface area contributed by atoms with Crippen molar-refractivity contribution >= 4 is 11.4 Å². The Morgan fingerprint density at radius 2 is 1.61 bits per heavy atom. The van der Waals surface area contributed by atoms with Crippen LogP contribution >= 0.6 is 0 Å². The summed E-state index contributed by atoms with van der Waals surface area (Å²) in [6.07, 6.45) is 1.32. The molecule has 1 fully saturated rings. The van der Waals surface area contributed by atoms with Gasteiger partial charge in [-0.15, -0.1) is 0 Å². The molecule has 0 radical (unpaired) electrons. The Kier molecular flexibility index (Phi) is 4.90. The lowest BCUT2D eigenvalue weighted by Gasteiger charge is -2.39. The lowest BCUT2D eigenvalue weighted by atomic mass is 9.94. The first-order valence-corrected chi connectivity index (χ1v) is 10.3. The molecule has 4 heteroatoms. The van der Waals surface area contributed by atoms with Crippen molar-refractivity contribution in [1.82, 2.24) is 0 Å². The standard InChI is InChI=1S/C24H32N2O2/c1-15-13-20(7-8-22(15)27-6)25-9-11-26(12-10-25)23-17(3)18(4)24-21(19(23)5)14-16(2)28-24/h7-8,13,16H,9-12,14H2,1-6H3. The van der Waals surface area contributed by atoms with Crippen molar-refractivity contribution in [1.29, 1.82) is 0 Å². The van der Waals surface area contributed by atoms with Gasteiger partial charge >= 0.3 is 0 Å². The maximum absolute atomic E-state index is 6.11. The Morgan fingerprint density at radius 1 is 0.929 bits per heavy atom. The molecule has 2 aliphatic rings. The van der Waals surface area contributed by atoms with Crippen LogP contribution < -0.4 is 19.3 Å². The number of fused-ring (bicyclic) bond motifs is 1. The van der Waals surface area contributed by atoms with Gasteiger partial charge in [-0.2, -0.15) is 0 Å². The molecule has 1 atom stereocenters. The summed E-state index contributed by atoms with van der Waals surface area (Å²) in [6.45, 7) is 15.2. The third-order valence-corrected chi connectivity index (χ3v) is 6.49. The fraction of sp³-hybridized carbons (Fsp3) is 0.500. The van der Waals surface area contributed by atoms with Crippen molar-refractivity contribution in [3.05, 3.63) is 46.0 Å². The first-order valence-electron chi connectivity index (χ1n) is 10.3. The van der Waals surface area contributed by atoms with E-state index in [1.807, 2.05) is 0 Å². The van der Waals surface area contributed by atoms with Gasteiger partial charge in [0.2, 0.25) is 0 Å². The molecule has 0 bridgehead atoms. The summed E-state index contributed by atoms with van der Waals surface area (Å²) in [7, 11) is 1.73. The predicted molar refractivity (Wildman–Crippen MR) is 117 cm³/mol. The summed E-state index contributed by atoms with van der Waals surface area (Å²) in [5.41, 5.74) is 9.43. The van der Waals surface area contributed by atoms with E-state index in [9.17, 15) is 0 Å². The first-order chi connectivity index (χ1) is 13.4. The minimum absolute atomic E-state index is 0.289. The second-order valence-corrected chi connectivity index (χ2v) is 8.29. The molecular formula is C24H32N2O2. The van der Waals surface area contributed by atoms with E-state index >= 15 is 0 Å². The van der Waals surface area contributed by atoms with Crippen LogP contribution in [0.25, 0.3) is 0 Å². The zero-order chi connectivity index (χ0) is 20.0. The fourth-order valence-electron chi connectivity index (χ4n) is 4.83. The van der Waals surface area contributed by atoms with Crippen LogP contribution in [0.5, 0.6) is 11.5 Å². The first kappa shape index (κ1) is 19.0. The average molecular weight is 381 g/mol. The lowest BCUT2D eigenvalue weighted by Crippen LogP contribution is -2.47. The second kappa shape index (κ2) is 7.23. The van der Waals surface area contributed by atoms with Gasteiger partial charge in [0.15, 0.2) is 0 Å². The van der Waals surface area contributed by atoms with Gasteiger partial charge in [0.05, 0.1) is 7.11 Å². The lowest BCUT2D eigenvalue weighted by molar-refractivity contribution is 0.253. The molecule has 28 heavy (non-hydrogen) atoms. The van der Waals surface area contributed by atoms with E-state index in [-0.39, 0.29) is 6.10 Å². The number of rotatable bonds is 3. The van der Waals surface area contributed by atoms with Crippen molar-refractivity contribution in [3.63, 3.8) is 0 Å². The van der Waals surface area contributed by atoms with Crippen LogP contribution in [0.15, 0.2) is 18.2 Å². The van der Waals surface area contributed by atoms with E-state index in [1.165, 1.54) is 39.2 Å². The second-order valence-electron chi connectivity index (χ2n) is 8.29. The van der Waals surface area contributed by atoms with E-state index in [1.54, 1.807) is 7.11 Å². The normalized spacial score (nSPS) is 18.9. The number of methoxy groups -OCH3 is 1. The molecule has 0 N–H and O–H groups in total. The number of benzene rings is 2. The van der Waals surface area contributed by atoms with Crippen molar-refractivity contribution in [3.8, 4) is 11.5 Å². The number of hydrogen-bond acceptors (Lipinski definition) is 4.